The normalized spacial score (nSPS) is 22.7. The van der Waals surface area contributed by atoms with Crippen LogP contribution in [0.2, 0.25) is 0 Å². The second kappa shape index (κ2) is 7.51. The summed E-state index contributed by atoms with van der Waals surface area (Å²) in [7, 11) is 0. The maximum absolute atomic E-state index is 12.4. The van der Waals surface area contributed by atoms with Crippen molar-refractivity contribution in [3.8, 4) is 5.75 Å². The Labute approximate surface area is 136 Å². The van der Waals surface area contributed by atoms with Crippen molar-refractivity contribution in [2.24, 2.45) is 11.8 Å². The van der Waals surface area contributed by atoms with Crippen molar-refractivity contribution in [1.82, 2.24) is 10.2 Å². The minimum Gasteiger partial charge on any atom is -0.491 e. The molecule has 0 saturated carbocycles. The van der Waals surface area contributed by atoms with E-state index in [9.17, 15) is 4.79 Å². The van der Waals surface area contributed by atoms with Crippen LogP contribution in [0.25, 0.3) is 0 Å². The van der Waals surface area contributed by atoms with Crippen molar-refractivity contribution in [2.75, 3.05) is 26.3 Å². The molecule has 2 atom stereocenters. The molecule has 1 aliphatic carbocycles. The van der Waals surface area contributed by atoms with Gasteiger partial charge in [-0.3, -0.25) is 0 Å². The number of hydrogen-bond acceptors (Lipinski definition) is 3. The number of carbonyl (C=O) groups is 1. The Morgan fingerprint density at radius 1 is 1.22 bits per heavy atom. The first-order valence-corrected chi connectivity index (χ1v) is 8.27. The molecule has 3 rings (SSSR count). The Hall–Kier alpha value is -2.01. The molecule has 1 aromatic carbocycles. The number of nitrogens with one attached hydrogen (secondary N) is 1. The summed E-state index contributed by atoms with van der Waals surface area (Å²) in [6.45, 7) is 2.37. The van der Waals surface area contributed by atoms with Gasteiger partial charge in [-0.1, -0.05) is 30.4 Å². The first kappa shape index (κ1) is 15.9. The number of ether oxygens (including phenoxy) is 1. The Kier molecular flexibility index (Phi) is 5.18. The number of allylic oxidation sites excluding steroid dienone is 2. The van der Waals surface area contributed by atoms with Crippen LogP contribution in [-0.4, -0.2) is 42.3 Å². The molecular weight excluding hydrogens is 292 g/mol. The summed E-state index contributed by atoms with van der Waals surface area (Å²) in [4.78, 5) is 14.3. The number of nitrogens with zero attached hydrogens (tertiary/aromatic N) is 1. The summed E-state index contributed by atoms with van der Waals surface area (Å²) in [5.41, 5.74) is 0.924. The lowest BCUT2D eigenvalue weighted by Crippen LogP contribution is -2.38. The zero-order valence-electron chi connectivity index (χ0n) is 13.3. The Morgan fingerprint density at radius 2 is 1.91 bits per heavy atom. The molecule has 23 heavy (non-hydrogen) atoms. The van der Waals surface area contributed by atoms with E-state index in [1.165, 1.54) is 0 Å². The van der Waals surface area contributed by atoms with Gasteiger partial charge in [0, 0.05) is 25.2 Å². The van der Waals surface area contributed by atoms with Crippen LogP contribution in [0.3, 0.4) is 0 Å². The van der Waals surface area contributed by atoms with Crippen molar-refractivity contribution >= 4 is 6.03 Å². The van der Waals surface area contributed by atoms with Crippen molar-refractivity contribution in [3.63, 3.8) is 0 Å². The average Bonchev–Trinajstić information content (AvgIpc) is 3.02. The number of benzene rings is 1. The van der Waals surface area contributed by atoms with Crippen molar-refractivity contribution in [1.29, 1.82) is 0 Å². The summed E-state index contributed by atoms with van der Waals surface area (Å²) in [6.07, 6.45) is 6.65. The highest BCUT2D eigenvalue weighted by atomic mass is 16.5. The fourth-order valence-corrected chi connectivity index (χ4v) is 3.41. The first-order chi connectivity index (χ1) is 11.3. The molecule has 1 saturated heterocycles. The fraction of sp³-hybridized carbons (Fsp3) is 0.500. The summed E-state index contributed by atoms with van der Waals surface area (Å²) >= 11 is 0. The smallest absolute Gasteiger partial charge is 0.317 e. The predicted octanol–water partition coefficient (Wildman–Crippen LogP) is 2.17. The zero-order chi connectivity index (χ0) is 16.1. The van der Waals surface area contributed by atoms with E-state index in [4.69, 9.17) is 9.84 Å². The highest BCUT2D eigenvalue weighted by molar-refractivity contribution is 5.74. The third kappa shape index (κ3) is 3.85. The largest absolute Gasteiger partial charge is 0.491 e. The molecule has 2 aliphatic rings. The molecule has 0 aromatic heterocycles. The van der Waals surface area contributed by atoms with Gasteiger partial charge in [0.25, 0.3) is 0 Å². The van der Waals surface area contributed by atoms with Crippen LogP contribution < -0.4 is 10.1 Å². The van der Waals surface area contributed by atoms with E-state index in [1.54, 1.807) is 0 Å². The lowest BCUT2D eigenvalue weighted by Gasteiger charge is -2.18. The maximum atomic E-state index is 12.4. The van der Waals surface area contributed by atoms with Crippen LogP contribution >= 0.6 is 0 Å². The Morgan fingerprint density at radius 3 is 2.61 bits per heavy atom. The second-order valence-electron chi connectivity index (χ2n) is 6.21. The molecule has 1 heterocycles. The van der Waals surface area contributed by atoms with Crippen LogP contribution in [0, 0.1) is 11.8 Å². The number of urea groups is 1. The molecule has 1 aliphatic heterocycles. The van der Waals surface area contributed by atoms with E-state index >= 15 is 0 Å². The predicted molar refractivity (Wildman–Crippen MR) is 88.2 cm³/mol. The van der Waals surface area contributed by atoms with Gasteiger partial charge in [-0.15, -0.1) is 0 Å². The molecule has 0 unspecified atom stereocenters. The minimum atomic E-state index is -0.0225. The van der Waals surface area contributed by atoms with Crippen LogP contribution in [0.1, 0.15) is 18.4 Å². The molecule has 1 aromatic rings. The Balaban J connectivity index is 1.53. The molecule has 1 fully saturated rings. The van der Waals surface area contributed by atoms with E-state index in [1.807, 2.05) is 29.2 Å². The number of para-hydroxylation sites is 1. The van der Waals surface area contributed by atoms with Crippen molar-refractivity contribution in [2.45, 2.75) is 19.4 Å². The van der Waals surface area contributed by atoms with Crippen molar-refractivity contribution < 1.29 is 14.6 Å². The number of fused-ring (bicyclic) bond motifs is 1. The van der Waals surface area contributed by atoms with Gasteiger partial charge in [-0.25, -0.2) is 4.79 Å². The van der Waals surface area contributed by atoms with E-state index < -0.39 is 0 Å². The SMILES string of the molecule is O=C(NCc1ccccc1OCCO)N1C[C@H]2CC=CC[C@@H]2C1. The molecular formula is C18H24N2O3. The molecule has 2 amide bonds. The van der Waals surface area contributed by atoms with Gasteiger partial charge in [0.2, 0.25) is 0 Å². The van der Waals surface area contributed by atoms with Gasteiger partial charge in [-0.2, -0.15) is 0 Å². The number of likely N-dealkylation sites (tertiary alicyclic amines) is 1. The number of carbonyl (C=O) groups excluding carboxylic acids is 1. The van der Waals surface area contributed by atoms with E-state index in [-0.39, 0.29) is 19.2 Å². The van der Waals surface area contributed by atoms with Gasteiger partial charge in [0.1, 0.15) is 12.4 Å². The number of aliphatic hydroxyl groups is 1. The lowest BCUT2D eigenvalue weighted by atomic mass is 9.86. The Bertz CT molecular complexity index is 557. The molecule has 0 bridgehead atoms. The highest BCUT2D eigenvalue weighted by Gasteiger charge is 2.34. The van der Waals surface area contributed by atoms with Crippen LogP contribution in [0.15, 0.2) is 36.4 Å². The fourth-order valence-electron chi connectivity index (χ4n) is 3.41. The highest BCUT2D eigenvalue weighted by Crippen LogP contribution is 2.32. The maximum Gasteiger partial charge on any atom is 0.317 e. The average molecular weight is 316 g/mol. The van der Waals surface area contributed by atoms with E-state index in [2.05, 4.69) is 17.5 Å². The molecule has 2 N–H and O–H groups in total. The van der Waals surface area contributed by atoms with Gasteiger partial charge in [0.05, 0.1) is 6.61 Å². The topological polar surface area (TPSA) is 61.8 Å². The van der Waals surface area contributed by atoms with Crippen molar-refractivity contribution in [3.05, 3.63) is 42.0 Å². The molecule has 0 spiro atoms. The van der Waals surface area contributed by atoms with Gasteiger partial charge in [0.15, 0.2) is 0 Å². The number of amides is 2. The van der Waals surface area contributed by atoms with Gasteiger partial charge in [-0.05, 0) is 30.7 Å². The molecule has 5 heteroatoms. The zero-order valence-corrected chi connectivity index (χ0v) is 13.3. The van der Waals surface area contributed by atoms with E-state index in [0.29, 0.717) is 24.1 Å². The number of rotatable bonds is 5. The quantitative estimate of drug-likeness (QED) is 0.818. The third-order valence-corrected chi connectivity index (χ3v) is 4.66. The molecule has 124 valence electrons. The summed E-state index contributed by atoms with van der Waals surface area (Å²) < 4.78 is 5.50. The summed E-state index contributed by atoms with van der Waals surface area (Å²) in [5, 5.41) is 11.9. The van der Waals surface area contributed by atoms with Crippen LogP contribution in [-0.2, 0) is 6.54 Å². The summed E-state index contributed by atoms with van der Waals surface area (Å²) in [5.74, 6) is 1.94. The monoisotopic (exact) mass is 316 g/mol. The van der Waals surface area contributed by atoms with Crippen LogP contribution in [0.4, 0.5) is 4.79 Å². The number of hydrogen-bond donors (Lipinski definition) is 2. The minimum absolute atomic E-state index is 0.00337. The van der Waals surface area contributed by atoms with E-state index in [0.717, 1.165) is 31.5 Å². The molecule has 0 radical (unpaired) electrons. The lowest BCUT2D eigenvalue weighted by molar-refractivity contribution is 0.198. The van der Waals surface area contributed by atoms with Gasteiger partial charge < -0.3 is 20.1 Å². The standard InChI is InChI=1S/C18H24N2O3/c21-9-10-23-17-8-4-3-5-14(17)11-19-18(22)20-12-15-6-1-2-7-16(15)13-20/h1-5,8,15-16,21H,6-7,9-13H2,(H,19,22)/t15-,16-/m1/s1. The van der Waals surface area contributed by atoms with Crippen LogP contribution in [0.5, 0.6) is 5.75 Å². The van der Waals surface area contributed by atoms with Gasteiger partial charge >= 0.3 is 6.03 Å². The molecule has 5 nitrogen and oxygen atoms in total. The number of aliphatic hydroxyl groups excluding tert-OH is 1. The second-order valence-corrected chi connectivity index (χ2v) is 6.21. The first-order valence-electron chi connectivity index (χ1n) is 8.27. The summed E-state index contributed by atoms with van der Waals surface area (Å²) in [6, 6.07) is 7.59. The third-order valence-electron chi connectivity index (χ3n) is 4.66.